The van der Waals surface area contributed by atoms with Gasteiger partial charge in [-0.05, 0) is 104 Å². The van der Waals surface area contributed by atoms with Gasteiger partial charge in [0.25, 0.3) is 0 Å². The molecular weight excluding hydrogens is 998 g/mol. The molecule has 67 heavy (non-hydrogen) atoms. The third-order valence-electron chi connectivity index (χ3n) is 13.5. The van der Waals surface area contributed by atoms with Crippen LogP contribution in [0.5, 0.6) is 5.75 Å². The Morgan fingerprint density at radius 3 is 1.88 bits per heavy atom. The van der Waals surface area contributed by atoms with Crippen LogP contribution in [0.4, 0.5) is 0 Å². The van der Waals surface area contributed by atoms with E-state index < -0.39 is 0 Å². The molecule has 8 aromatic carbocycles. The van der Waals surface area contributed by atoms with Crippen LogP contribution in [0.1, 0.15) is 83.2 Å². The van der Waals surface area contributed by atoms with Gasteiger partial charge in [0.05, 0.1) is 16.6 Å². The first-order chi connectivity index (χ1) is 31.6. The Bertz CT molecular complexity index is 3470. The number of rotatable bonds is 7. The molecule has 0 spiro atoms. The molecule has 0 aliphatic heterocycles. The van der Waals surface area contributed by atoms with Crippen LogP contribution in [0.15, 0.2) is 170 Å². The minimum atomic E-state index is -0.253. The molecule has 0 aliphatic carbocycles. The Balaban J connectivity index is 0.00000562. The minimum absolute atomic E-state index is 0. The van der Waals surface area contributed by atoms with Crippen LogP contribution in [-0.4, -0.2) is 19.6 Å². The molecule has 0 bridgehead atoms. The van der Waals surface area contributed by atoms with Gasteiger partial charge in [0.15, 0.2) is 0 Å². The van der Waals surface area contributed by atoms with Crippen molar-refractivity contribution >= 4 is 32.7 Å². The third kappa shape index (κ3) is 8.31. The second kappa shape index (κ2) is 17.2. The van der Waals surface area contributed by atoms with Crippen LogP contribution < -0.4 is 0 Å². The van der Waals surface area contributed by atoms with Gasteiger partial charge in [0, 0.05) is 43.9 Å². The smallest absolute Gasteiger partial charge is 0.148 e. The summed E-state index contributed by atoms with van der Waals surface area (Å²) in [6, 6.07) is 62.2. The molecule has 1 N–H and O–H groups in total. The molecule has 5 heteroatoms. The number of aromatic nitrogens is 3. The normalized spacial score (nSPS) is 12.2. The molecule has 0 radical (unpaired) electrons. The van der Waals surface area contributed by atoms with Crippen molar-refractivity contribution in [2.45, 2.75) is 78.6 Å². The number of hydrogen-bond donors (Lipinski definition) is 1. The van der Waals surface area contributed by atoms with Crippen LogP contribution in [0.2, 0.25) is 0 Å². The summed E-state index contributed by atoms with van der Waals surface area (Å²) in [5, 5.41) is 15.3. The Morgan fingerprint density at radius 1 is 0.522 bits per heavy atom. The van der Waals surface area contributed by atoms with Gasteiger partial charge in [0.2, 0.25) is 0 Å². The summed E-state index contributed by atoms with van der Waals surface area (Å²) in [4.78, 5) is 10.7. The summed E-state index contributed by atoms with van der Waals surface area (Å²) in [5.74, 6) is 0.857. The molecule has 0 saturated carbocycles. The van der Waals surface area contributed by atoms with Gasteiger partial charge in [-0.15, -0.1) is 35.4 Å². The second-order valence-corrected chi connectivity index (χ2v) is 20.5. The molecule has 4 nitrogen and oxygen atoms in total. The van der Waals surface area contributed by atoms with Crippen molar-refractivity contribution in [1.82, 2.24) is 14.5 Å². The first-order valence-corrected chi connectivity index (χ1v) is 23.0. The summed E-state index contributed by atoms with van der Waals surface area (Å²) in [6.07, 6.45) is 1.95. The Kier molecular flexibility index (Phi) is 11.7. The van der Waals surface area contributed by atoms with E-state index in [1.807, 2.05) is 18.3 Å². The maximum Gasteiger partial charge on any atom is 0.148 e. The number of nitrogens with zero attached hydrogens (tertiary/aromatic N) is 3. The summed E-state index contributed by atoms with van der Waals surface area (Å²) < 4.78 is 2.24. The molecule has 0 atom stereocenters. The first kappa shape index (κ1) is 45.5. The Morgan fingerprint density at radius 2 is 1.16 bits per heavy atom. The van der Waals surface area contributed by atoms with E-state index in [1.165, 1.54) is 27.5 Å². The zero-order chi connectivity index (χ0) is 46.1. The molecule has 0 amide bonds. The summed E-state index contributed by atoms with van der Waals surface area (Å²) in [7, 11) is 0. The molecule has 0 fully saturated rings. The summed E-state index contributed by atoms with van der Waals surface area (Å²) in [5.41, 5.74) is 16.0. The number of phenols is 1. The minimum Gasteiger partial charge on any atom is -0.507 e. The summed E-state index contributed by atoms with van der Waals surface area (Å²) >= 11 is 0. The van der Waals surface area contributed by atoms with Gasteiger partial charge in [-0.25, -0.2) is 4.98 Å². The number of phenolic OH excluding ortho intramolecular Hbond substituents is 1. The quantitative estimate of drug-likeness (QED) is 0.162. The van der Waals surface area contributed by atoms with Gasteiger partial charge in [-0.1, -0.05) is 181 Å². The molecule has 0 saturated heterocycles. The predicted molar refractivity (Wildman–Crippen MR) is 277 cm³/mol. The zero-order valence-electron chi connectivity index (χ0n) is 39.8. The van der Waals surface area contributed by atoms with E-state index in [-0.39, 0.29) is 43.1 Å². The van der Waals surface area contributed by atoms with Crippen LogP contribution in [0.3, 0.4) is 0 Å². The van der Waals surface area contributed by atoms with Gasteiger partial charge in [0.1, 0.15) is 11.6 Å². The van der Waals surface area contributed by atoms with Crippen molar-refractivity contribution in [1.29, 1.82) is 0 Å². The fourth-order valence-corrected chi connectivity index (χ4v) is 9.69. The van der Waals surface area contributed by atoms with E-state index in [9.17, 15) is 5.11 Å². The topological polar surface area (TPSA) is 50.9 Å². The fourth-order valence-electron chi connectivity index (χ4n) is 9.69. The van der Waals surface area contributed by atoms with E-state index in [2.05, 4.69) is 225 Å². The number of imidazole rings is 1. The number of fused-ring (bicyclic) bond motifs is 3. The number of hydrogen-bond acceptors (Lipinski definition) is 3. The van der Waals surface area contributed by atoms with Gasteiger partial charge < -0.3 is 5.11 Å². The predicted octanol–water partition coefficient (Wildman–Crippen LogP) is 16.1. The summed E-state index contributed by atoms with van der Waals surface area (Å²) in [6.45, 7) is 20.1. The number of aromatic hydroxyl groups is 1. The molecule has 2 heterocycles. The van der Waals surface area contributed by atoms with Crippen LogP contribution in [0, 0.1) is 13.0 Å². The van der Waals surface area contributed by atoms with Crippen molar-refractivity contribution in [2.24, 2.45) is 0 Å². The number of benzene rings is 8. The maximum atomic E-state index is 11.8. The SMILES string of the molecule is Cc1cc(-c2[c-]c(-c3cc(-c4cccc5ccccc45)cc4c3nc(-c3cc(C(C)(C)C)ccc3O)n4-c3ccc(C(C)(C)C)cc3)ccc2)c2nccc(C(C)(C)c3ccccc3)c2c1.[Pt]. The number of aryl methyl sites for hydroxylation is 1. The average molecular weight is 1050 g/mol. The monoisotopic (exact) mass is 1050 g/mol. The van der Waals surface area contributed by atoms with Crippen molar-refractivity contribution < 1.29 is 26.2 Å². The Labute approximate surface area is 409 Å². The molecule has 10 aromatic rings. The fraction of sp³-hybridized carbons (Fsp3) is 0.194. The molecule has 0 unspecified atom stereocenters. The van der Waals surface area contributed by atoms with E-state index in [0.29, 0.717) is 11.4 Å². The van der Waals surface area contributed by atoms with Crippen molar-refractivity contribution in [2.75, 3.05) is 0 Å². The van der Waals surface area contributed by atoms with Crippen LogP contribution in [0.25, 0.3) is 83.2 Å². The van der Waals surface area contributed by atoms with Gasteiger partial charge in [-0.2, -0.15) is 0 Å². The second-order valence-electron chi connectivity index (χ2n) is 20.5. The molecule has 336 valence electrons. The largest absolute Gasteiger partial charge is 0.507 e. The number of pyridine rings is 1. The van der Waals surface area contributed by atoms with Gasteiger partial charge >= 0.3 is 0 Å². The standard InChI is InChI=1S/C62H56N3O.Pt/c1-39-33-50(57-52(34-39)54(31-32-63-57)62(8,9)45-21-11-10-12-22-45)41-19-15-20-42(35-41)51-36-43(49-24-16-18-40-17-13-14-23-48(40)49)37-55-58(51)64-59(53-38-46(61(5,6)7)27-30-56(53)66)65(55)47-28-25-44(26-29-47)60(2,3)4;/h10-34,36-38,66H,1-9H3;/q-1;. The van der Waals surface area contributed by atoms with E-state index in [4.69, 9.17) is 9.97 Å². The average Bonchev–Trinajstić information content (AvgIpc) is 3.69. The van der Waals surface area contributed by atoms with Crippen LogP contribution in [-0.2, 0) is 37.3 Å². The van der Waals surface area contributed by atoms with E-state index in [0.717, 1.165) is 72.1 Å². The zero-order valence-corrected chi connectivity index (χ0v) is 42.0. The maximum absolute atomic E-state index is 11.8. The van der Waals surface area contributed by atoms with Gasteiger partial charge in [-0.3, -0.25) is 9.55 Å². The van der Waals surface area contributed by atoms with Crippen molar-refractivity contribution in [3.8, 4) is 56.2 Å². The molecule has 10 rings (SSSR count). The molecule has 2 aromatic heterocycles. The molecule has 0 aliphatic rings. The Hall–Kier alpha value is -6.61. The van der Waals surface area contributed by atoms with Crippen molar-refractivity contribution in [3.63, 3.8) is 0 Å². The third-order valence-corrected chi connectivity index (χ3v) is 13.5. The van der Waals surface area contributed by atoms with E-state index in [1.54, 1.807) is 0 Å². The molecular formula is C62H56N3OPt-. The van der Waals surface area contributed by atoms with Crippen LogP contribution >= 0.6 is 0 Å². The van der Waals surface area contributed by atoms with Crippen molar-refractivity contribution in [3.05, 3.63) is 204 Å². The first-order valence-electron chi connectivity index (χ1n) is 23.0. The van der Waals surface area contributed by atoms with E-state index >= 15 is 0 Å².